The van der Waals surface area contributed by atoms with Crippen molar-refractivity contribution in [2.45, 2.75) is 33.2 Å². The van der Waals surface area contributed by atoms with Crippen LogP contribution in [-0.4, -0.2) is 28.4 Å². The van der Waals surface area contributed by atoms with E-state index in [0.29, 0.717) is 12.1 Å². The summed E-state index contributed by atoms with van der Waals surface area (Å²) < 4.78 is 0. The Morgan fingerprint density at radius 3 is 2.33 bits per heavy atom. The zero-order valence-corrected chi connectivity index (χ0v) is 14.2. The number of carbonyl (C=O) groups excluding carboxylic acids is 1. The van der Waals surface area contributed by atoms with Crippen LogP contribution in [0, 0.1) is 20.8 Å². The molecule has 1 N–H and O–H groups in total. The molecule has 0 bridgehead atoms. The maximum atomic E-state index is 13.1. The third-order valence-electron chi connectivity index (χ3n) is 4.67. The summed E-state index contributed by atoms with van der Waals surface area (Å²) in [6.45, 7) is 6.52. The number of hydrogen-bond acceptors (Lipinski definition) is 2. The Hall–Kier alpha value is -2.62. The van der Waals surface area contributed by atoms with Gasteiger partial charge in [-0.05, 0) is 43.0 Å². The summed E-state index contributed by atoms with van der Waals surface area (Å²) >= 11 is 0. The lowest BCUT2D eigenvalue weighted by molar-refractivity contribution is -0.139. The maximum Gasteiger partial charge on any atom is 0.312 e. The van der Waals surface area contributed by atoms with Crippen LogP contribution in [0.1, 0.15) is 44.1 Å². The first-order chi connectivity index (χ1) is 11.4. The van der Waals surface area contributed by atoms with E-state index in [9.17, 15) is 14.7 Å². The van der Waals surface area contributed by atoms with Crippen LogP contribution >= 0.6 is 0 Å². The van der Waals surface area contributed by atoms with E-state index in [0.717, 1.165) is 27.8 Å². The first kappa shape index (κ1) is 16.2. The molecule has 1 aliphatic heterocycles. The lowest BCUT2D eigenvalue weighted by atomic mass is 9.89. The minimum absolute atomic E-state index is 0.0919. The van der Waals surface area contributed by atoms with Gasteiger partial charge in [-0.25, -0.2) is 0 Å². The topological polar surface area (TPSA) is 57.6 Å². The molecule has 0 radical (unpaired) electrons. The van der Waals surface area contributed by atoms with Crippen LogP contribution in [0.2, 0.25) is 0 Å². The first-order valence-electron chi connectivity index (χ1n) is 8.06. The highest BCUT2D eigenvalue weighted by Crippen LogP contribution is 2.30. The minimum atomic E-state index is -0.891. The number of rotatable bonds is 2. The monoisotopic (exact) mass is 323 g/mol. The third kappa shape index (κ3) is 2.80. The number of fused-ring (bicyclic) bond motifs is 1. The molecule has 1 heterocycles. The third-order valence-corrected chi connectivity index (χ3v) is 4.67. The number of aliphatic carboxylic acids is 1. The number of carboxylic acid groups (broad SMARTS) is 1. The largest absolute Gasteiger partial charge is 0.481 e. The van der Waals surface area contributed by atoms with Gasteiger partial charge in [0.1, 0.15) is 0 Å². The SMILES string of the molecule is Cc1cc(C)c(C(=O)N2Cc3ccccc3C(C(=O)O)C2)c(C)c1. The summed E-state index contributed by atoms with van der Waals surface area (Å²) in [5.74, 6) is -1.66. The second-order valence-electron chi connectivity index (χ2n) is 6.55. The van der Waals surface area contributed by atoms with Gasteiger partial charge in [-0.1, -0.05) is 42.0 Å². The normalized spacial score (nSPS) is 16.6. The van der Waals surface area contributed by atoms with Gasteiger partial charge in [-0.2, -0.15) is 0 Å². The average molecular weight is 323 g/mol. The molecule has 1 amide bonds. The number of amides is 1. The first-order valence-corrected chi connectivity index (χ1v) is 8.06. The molecule has 0 spiro atoms. The molecule has 2 aromatic carbocycles. The Kier molecular flexibility index (Phi) is 4.14. The Balaban J connectivity index is 2.00. The summed E-state index contributed by atoms with van der Waals surface area (Å²) in [6.07, 6.45) is 0. The standard InChI is InChI=1S/C20H21NO3/c1-12-8-13(2)18(14(3)9-12)19(22)21-10-15-6-4-5-7-16(15)17(11-21)20(23)24/h4-9,17H,10-11H2,1-3H3,(H,23,24). The zero-order valence-electron chi connectivity index (χ0n) is 14.2. The summed E-state index contributed by atoms with van der Waals surface area (Å²) in [5, 5.41) is 9.56. The number of nitrogens with zero attached hydrogens (tertiary/aromatic N) is 1. The van der Waals surface area contributed by atoms with E-state index in [1.165, 1.54) is 0 Å². The van der Waals surface area contributed by atoms with Gasteiger partial charge in [-0.3, -0.25) is 9.59 Å². The summed E-state index contributed by atoms with van der Waals surface area (Å²) in [7, 11) is 0. The lowest BCUT2D eigenvalue weighted by Crippen LogP contribution is -2.41. The molecule has 1 aliphatic rings. The van der Waals surface area contributed by atoms with Crippen LogP contribution in [0.5, 0.6) is 0 Å². The fourth-order valence-corrected chi connectivity index (χ4v) is 3.65. The second-order valence-corrected chi connectivity index (χ2v) is 6.55. The molecular formula is C20H21NO3. The Morgan fingerprint density at radius 2 is 1.71 bits per heavy atom. The Morgan fingerprint density at radius 1 is 1.08 bits per heavy atom. The predicted octanol–water partition coefficient (Wildman–Crippen LogP) is 3.44. The molecule has 124 valence electrons. The summed E-state index contributed by atoms with van der Waals surface area (Å²) in [4.78, 5) is 26.4. The van der Waals surface area contributed by atoms with Crippen molar-refractivity contribution in [2.75, 3.05) is 6.54 Å². The van der Waals surface area contributed by atoms with E-state index in [-0.39, 0.29) is 12.5 Å². The highest BCUT2D eigenvalue weighted by molar-refractivity contribution is 5.97. The average Bonchev–Trinajstić information content (AvgIpc) is 2.52. The van der Waals surface area contributed by atoms with Crippen molar-refractivity contribution in [3.8, 4) is 0 Å². The van der Waals surface area contributed by atoms with Crippen molar-refractivity contribution in [3.05, 3.63) is 69.8 Å². The van der Waals surface area contributed by atoms with Crippen molar-refractivity contribution in [2.24, 2.45) is 0 Å². The molecule has 0 saturated carbocycles. The molecule has 0 saturated heterocycles. The zero-order chi connectivity index (χ0) is 17.4. The second kappa shape index (κ2) is 6.11. The summed E-state index contributed by atoms with van der Waals surface area (Å²) in [6, 6.07) is 11.5. The van der Waals surface area contributed by atoms with E-state index in [4.69, 9.17) is 0 Å². The van der Waals surface area contributed by atoms with Gasteiger partial charge in [0.15, 0.2) is 0 Å². The lowest BCUT2D eigenvalue weighted by Gasteiger charge is -2.33. The molecule has 2 aromatic rings. The number of carboxylic acids is 1. The van der Waals surface area contributed by atoms with Gasteiger partial charge in [0.25, 0.3) is 5.91 Å². The molecule has 1 atom stereocenters. The van der Waals surface area contributed by atoms with E-state index in [1.807, 2.05) is 57.2 Å². The van der Waals surface area contributed by atoms with Crippen LogP contribution in [0.3, 0.4) is 0 Å². The smallest absolute Gasteiger partial charge is 0.312 e. The summed E-state index contributed by atoms with van der Waals surface area (Å²) in [5.41, 5.74) is 5.39. The van der Waals surface area contributed by atoms with Gasteiger partial charge < -0.3 is 10.0 Å². The van der Waals surface area contributed by atoms with E-state index in [1.54, 1.807) is 4.90 Å². The molecule has 3 rings (SSSR count). The number of aryl methyl sites for hydroxylation is 3. The van der Waals surface area contributed by atoms with E-state index in [2.05, 4.69) is 0 Å². The number of hydrogen-bond donors (Lipinski definition) is 1. The van der Waals surface area contributed by atoms with Crippen LogP contribution in [-0.2, 0) is 11.3 Å². The van der Waals surface area contributed by atoms with Crippen LogP contribution < -0.4 is 0 Å². The molecule has 4 nitrogen and oxygen atoms in total. The van der Waals surface area contributed by atoms with Gasteiger partial charge in [0, 0.05) is 18.7 Å². The van der Waals surface area contributed by atoms with Crippen molar-refractivity contribution >= 4 is 11.9 Å². The Labute approximate surface area is 141 Å². The van der Waals surface area contributed by atoms with Crippen molar-refractivity contribution in [1.29, 1.82) is 0 Å². The molecule has 4 heteroatoms. The van der Waals surface area contributed by atoms with Crippen molar-refractivity contribution in [1.82, 2.24) is 4.90 Å². The molecule has 0 aliphatic carbocycles. The van der Waals surface area contributed by atoms with E-state index >= 15 is 0 Å². The maximum absolute atomic E-state index is 13.1. The number of benzene rings is 2. The Bertz CT molecular complexity index is 802. The molecule has 1 unspecified atom stereocenters. The van der Waals surface area contributed by atoms with Crippen LogP contribution in [0.15, 0.2) is 36.4 Å². The highest BCUT2D eigenvalue weighted by Gasteiger charge is 2.33. The highest BCUT2D eigenvalue weighted by atomic mass is 16.4. The quantitative estimate of drug-likeness (QED) is 0.921. The van der Waals surface area contributed by atoms with Gasteiger partial charge in [0.2, 0.25) is 0 Å². The molecule has 0 fully saturated rings. The van der Waals surface area contributed by atoms with Gasteiger partial charge in [-0.15, -0.1) is 0 Å². The van der Waals surface area contributed by atoms with E-state index < -0.39 is 11.9 Å². The molecule has 0 aromatic heterocycles. The van der Waals surface area contributed by atoms with Gasteiger partial charge in [0.05, 0.1) is 5.92 Å². The fraction of sp³-hybridized carbons (Fsp3) is 0.300. The fourth-order valence-electron chi connectivity index (χ4n) is 3.65. The van der Waals surface area contributed by atoms with Crippen molar-refractivity contribution < 1.29 is 14.7 Å². The van der Waals surface area contributed by atoms with Crippen LogP contribution in [0.25, 0.3) is 0 Å². The molecule has 24 heavy (non-hydrogen) atoms. The number of carbonyl (C=O) groups is 2. The minimum Gasteiger partial charge on any atom is -0.481 e. The molecular weight excluding hydrogens is 302 g/mol. The van der Waals surface area contributed by atoms with Gasteiger partial charge >= 0.3 is 5.97 Å². The predicted molar refractivity (Wildman–Crippen MR) is 92.2 cm³/mol. The van der Waals surface area contributed by atoms with Crippen molar-refractivity contribution in [3.63, 3.8) is 0 Å². The van der Waals surface area contributed by atoms with Crippen LogP contribution in [0.4, 0.5) is 0 Å².